The average Bonchev–Trinajstić information content (AvgIpc) is 2.71. The molecular weight excluding hydrogens is 475 g/mol. The Morgan fingerprint density at radius 2 is 1.73 bits per heavy atom. The van der Waals surface area contributed by atoms with Crippen LogP contribution in [0, 0.1) is 5.82 Å². The first-order valence-electron chi connectivity index (χ1n) is 9.74. The lowest BCUT2D eigenvalue weighted by Gasteiger charge is -2.27. The van der Waals surface area contributed by atoms with Crippen molar-refractivity contribution in [3.63, 3.8) is 0 Å². The second-order valence-electron chi connectivity index (χ2n) is 7.43. The number of halogens is 1. The van der Waals surface area contributed by atoms with E-state index in [1.165, 1.54) is 57.6 Å². The number of anilines is 2. The smallest absolute Gasteiger partial charge is 0.304 e. The average molecular weight is 503 g/mol. The lowest BCUT2D eigenvalue weighted by Crippen LogP contribution is -2.44. The van der Waals surface area contributed by atoms with Crippen molar-refractivity contribution in [3.05, 3.63) is 48.3 Å². The number of sulfonamides is 1. The number of nitrogens with one attached hydrogen (secondary N) is 2. The number of benzene rings is 2. The highest BCUT2D eigenvalue weighted by Crippen LogP contribution is 2.28. The van der Waals surface area contributed by atoms with Gasteiger partial charge in [0, 0.05) is 20.1 Å². The summed E-state index contributed by atoms with van der Waals surface area (Å²) in [4.78, 5) is 12.7. The SMILES string of the molecule is COc1ccc(S(=O)(=O)NC(C)C)cc1NC(=O)CN(c1ccccc1F)S(=O)(=O)N(C)C. The van der Waals surface area contributed by atoms with Crippen LogP contribution in [0.1, 0.15) is 13.8 Å². The van der Waals surface area contributed by atoms with E-state index in [0.29, 0.717) is 4.31 Å². The first-order valence-corrected chi connectivity index (χ1v) is 12.6. The van der Waals surface area contributed by atoms with Gasteiger partial charge in [-0.05, 0) is 44.2 Å². The highest BCUT2D eigenvalue weighted by Gasteiger charge is 2.29. The third-order valence-electron chi connectivity index (χ3n) is 4.29. The van der Waals surface area contributed by atoms with E-state index in [1.807, 2.05) is 0 Å². The molecule has 0 saturated heterocycles. The molecule has 2 aromatic carbocycles. The molecule has 0 unspecified atom stereocenters. The monoisotopic (exact) mass is 502 g/mol. The molecule has 0 fully saturated rings. The van der Waals surface area contributed by atoms with Crippen molar-refractivity contribution >= 4 is 37.5 Å². The van der Waals surface area contributed by atoms with Gasteiger partial charge in [-0.25, -0.2) is 21.8 Å². The number of rotatable bonds is 10. The summed E-state index contributed by atoms with van der Waals surface area (Å²) in [6, 6.07) is 8.63. The van der Waals surface area contributed by atoms with Crippen LogP contribution in [0.25, 0.3) is 0 Å². The van der Waals surface area contributed by atoms with Crippen LogP contribution in [-0.4, -0.2) is 60.8 Å². The summed E-state index contributed by atoms with van der Waals surface area (Å²) < 4.78 is 74.0. The molecule has 0 heterocycles. The topological polar surface area (TPSA) is 125 Å². The number of carbonyl (C=O) groups excluding carboxylic acids is 1. The van der Waals surface area contributed by atoms with Gasteiger partial charge in [0.2, 0.25) is 15.9 Å². The number of ether oxygens (including phenoxy) is 1. The summed E-state index contributed by atoms with van der Waals surface area (Å²) in [5.41, 5.74) is -0.310. The molecule has 0 spiro atoms. The van der Waals surface area contributed by atoms with E-state index in [9.17, 15) is 26.0 Å². The van der Waals surface area contributed by atoms with Gasteiger partial charge in [0.25, 0.3) is 0 Å². The molecule has 0 radical (unpaired) electrons. The molecule has 182 valence electrons. The van der Waals surface area contributed by atoms with Crippen LogP contribution < -0.4 is 19.1 Å². The van der Waals surface area contributed by atoms with Crippen molar-refractivity contribution in [2.75, 3.05) is 37.4 Å². The van der Waals surface area contributed by atoms with Crippen LogP contribution in [-0.2, 0) is 25.0 Å². The summed E-state index contributed by atoms with van der Waals surface area (Å²) in [7, 11) is -4.27. The third kappa shape index (κ3) is 6.41. The second-order valence-corrected chi connectivity index (χ2v) is 11.2. The lowest BCUT2D eigenvalue weighted by molar-refractivity contribution is -0.114. The third-order valence-corrected chi connectivity index (χ3v) is 7.76. The quantitative estimate of drug-likeness (QED) is 0.510. The lowest BCUT2D eigenvalue weighted by atomic mass is 10.3. The molecule has 2 aromatic rings. The number of para-hydroxylation sites is 1. The van der Waals surface area contributed by atoms with E-state index >= 15 is 0 Å². The first kappa shape index (κ1) is 26.5. The maximum absolute atomic E-state index is 14.4. The van der Waals surface area contributed by atoms with Crippen LogP contribution in [0.4, 0.5) is 15.8 Å². The zero-order valence-electron chi connectivity index (χ0n) is 18.9. The van der Waals surface area contributed by atoms with Gasteiger partial charge in [-0.1, -0.05) is 12.1 Å². The van der Waals surface area contributed by atoms with Gasteiger partial charge in [0.15, 0.2) is 0 Å². The molecule has 0 saturated carbocycles. The van der Waals surface area contributed by atoms with E-state index in [-0.39, 0.29) is 28.1 Å². The predicted octanol–water partition coefficient (Wildman–Crippen LogP) is 1.77. The number of hydrogen-bond acceptors (Lipinski definition) is 6. The van der Waals surface area contributed by atoms with E-state index in [4.69, 9.17) is 4.74 Å². The summed E-state index contributed by atoms with van der Waals surface area (Å²) >= 11 is 0. The molecule has 10 nitrogen and oxygen atoms in total. The highest BCUT2D eigenvalue weighted by atomic mass is 32.2. The predicted molar refractivity (Wildman–Crippen MR) is 123 cm³/mol. The Hall–Kier alpha value is -2.74. The Morgan fingerprint density at radius 1 is 1.09 bits per heavy atom. The molecule has 2 N–H and O–H groups in total. The van der Waals surface area contributed by atoms with Gasteiger partial charge in [-0.3, -0.25) is 4.79 Å². The van der Waals surface area contributed by atoms with Gasteiger partial charge in [0.1, 0.15) is 18.1 Å². The minimum atomic E-state index is -4.23. The zero-order chi connectivity index (χ0) is 25.0. The summed E-state index contributed by atoms with van der Waals surface area (Å²) in [6.45, 7) is 2.55. The molecule has 2 rings (SSSR count). The molecule has 0 aliphatic heterocycles. The van der Waals surface area contributed by atoms with Crippen LogP contribution in [0.2, 0.25) is 0 Å². The van der Waals surface area contributed by atoms with E-state index < -0.39 is 38.5 Å². The van der Waals surface area contributed by atoms with Crippen LogP contribution in [0.15, 0.2) is 47.4 Å². The van der Waals surface area contributed by atoms with E-state index in [0.717, 1.165) is 10.4 Å². The van der Waals surface area contributed by atoms with Gasteiger partial charge in [0.05, 0.1) is 23.4 Å². The van der Waals surface area contributed by atoms with Gasteiger partial charge < -0.3 is 10.1 Å². The Labute approximate surface area is 193 Å². The van der Waals surface area contributed by atoms with Gasteiger partial charge in [-0.2, -0.15) is 12.7 Å². The number of methoxy groups -OCH3 is 1. The van der Waals surface area contributed by atoms with Crippen molar-refractivity contribution in [1.82, 2.24) is 9.03 Å². The summed E-state index contributed by atoms with van der Waals surface area (Å²) in [6.07, 6.45) is 0. The minimum absolute atomic E-state index is 0.00451. The van der Waals surface area contributed by atoms with E-state index in [2.05, 4.69) is 10.0 Å². The summed E-state index contributed by atoms with van der Waals surface area (Å²) in [5, 5.41) is 2.45. The van der Waals surface area contributed by atoms with Gasteiger partial charge >= 0.3 is 10.2 Å². The maximum atomic E-state index is 14.4. The van der Waals surface area contributed by atoms with Crippen molar-refractivity contribution < 1.29 is 30.8 Å². The van der Waals surface area contributed by atoms with Crippen molar-refractivity contribution in [3.8, 4) is 5.75 Å². The standard InChI is InChI=1S/C20H27FN4O6S2/c1-14(2)23-32(27,28)15-10-11-19(31-5)17(12-15)22-20(26)13-25(33(29,30)24(3)4)18-9-7-6-8-16(18)21/h6-12,14,23H,13H2,1-5H3,(H,22,26). The van der Waals surface area contributed by atoms with Crippen LogP contribution in [0.3, 0.4) is 0 Å². The fourth-order valence-corrected chi connectivity index (χ4v) is 5.14. The molecular formula is C20H27FN4O6S2. The molecule has 0 aliphatic carbocycles. The maximum Gasteiger partial charge on any atom is 0.304 e. The van der Waals surface area contributed by atoms with Crippen molar-refractivity contribution in [2.24, 2.45) is 0 Å². The normalized spacial score (nSPS) is 12.1. The fraction of sp³-hybridized carbons (Fsp3) is 0.350. The molecule has 0 aliphatic rings. The molecule has 0 aromatic heterocycles. The van der Waals surface area contributed by atoms with E-state index in [1.54, 1.807) is 13.8 Å². The number of nitrogens with zero attached hydrogens (tertiary/aromatic N) is 2. The fourth-order valence-electron chi connectivity index (χ4n) is 2.79. The second kappa shape index (κ2) is 10.5. The van der Waals surface area contributed by atoms with Crippen molar-refractivity contribution in [2.45, 2.75) is 24.8 Å². The Kier molecular flexibility index (Phi) is 8.41. The molecule has 33 heavy (non-hydrogen) atoms. The molecule has 13 heteroatoms. The molecule has 0 bridgehead atoms. The van der Waals surface area contributed by atoms with Gasteiger partial charge in [-0.15, -0.1) is 0 Å². The van der Waals surface area contributed by atoms with Crippen molar-refractivity contribution in [1.29, 1.82) is 0 Å². The number of amides is 1. The largest absolute Gasteiger partial charge is 0.495 e. The Bertz CT molecular complexity index is 1220. The van der Waals surface area contributed by atoms with Crippen LogP contribution >= 0.6 is 0 Å². The molecule has 1 amide bonds. The number of carbonyl (C=O) groups is 1. The Morgan fingerprint density at radius 3 is 2.27 bits per heavy atom. The van der Waals surface area contributed by atoms with Crippen LogP contribution in [0.5, 0.6) is 5.75 Å². The first-order chi connectivity index (χ1) is 15.3. The summed E-state index contributed by atoms with van der Waals surface area (Å²) in [5.74, 6) is -1.52. The highest BCUT2D eigenvalue weighted by molar-refractivity contribution is 7.90. The Balaban J connectivity index is 2.41. The molecule has 0 atom stereocenters. The zero-order valence-corrected chi connectivity index (χ0v) is 20.5. The number of hydrogen-bond donors (Lipinski definition) is 2. The minimum Gasteiger partial charge on any atom is -0.495 e.